The van der Waals surface area contributed by atoms with Crippen LogP contribution in [0.4, 0.5) is 0 Å². The Hall–Kier alpha value is -2.67. The molecule has 0 spiro atoms. The van der Waals surface area contributed by atoms with E-state index in [1.807, 2.05) is 48.0 Å². The average molecular weight is 383 g/mol. The van der Waals surface area contributed by atoms with E-state index >= 15 is 0 Å². The van der Waals surface area contributed by atoms with Gasteiger partial charge in [-0.05, 0) is 25.1 Å². The lowest BCUT2D eigenvalue weighted by molar-refractivity contribution is 0.0825. The maximum Gasteiger partial charge on any atom is 0.192 e. The van der Waals surface area contributed by atoms with E-state index in [2.05, 4.69) is 23.2 Å². The molecule has 0 saturated carbocycles. The Morgan fingerprint density at radius 1 is 1.19 bits per heavy atom. The second kappa shape index (κ2) is 7.52. The number of fused-ring (bicyclic) bond motifs is 1. The largest absolute Gasteiger partial charge is 0.496 e. The molecule has 0 bridgehead atoms. The summed E-state index contributed by atoms with van der Waals surface area (Å²) in [6.45, 7) is 2.49. The number of methoxy groups -OCH3 is 1. The molecule has 2 aromatic carbocycles. The highest BCUT2D eigenvalue weighted by atomic mass is 32.2. The minimum absolute atomic E-state index is 0.278. The SMILES string of the molecule is COc1ccc(C)cc1CSc1nnc(C2COc3ccccc3O2)n1C. The van der Waals surface area contributed by atoms with Gasteiger partial charge in [-0.2, -0.15) is 0 Å². The third-order valence-corrected chi connectivity index (χ3v) is 5.53. The summed E-state index contributed by atoms with van der Waals surface area (Å²) in [4.78, 5) is 0. The van der Waals surface area contributed by atoms with Gasteiger partial charge in [-0.1, -0.05) is 41.6 Å². The second-order valence-corrected chi connectivity index (χ2v) is 7.31. The first-order valence-electron chi connectivity index (χ1n) is 8.70. The monoisotopic (exact) mass is 383 g/mol. The quantitative estimate of drug-likeness (QED) is 0.622. The summed E-state index contributed by atoms with van der Waals surface area (Å²) in [6.07, 6.45) is -0.278. The van der Waals surface area contributed by atoms with Crippen molar-refractivity contribution in [1.82, 2.24) is 14.8 Å². The van der Waals surface area contributed by atoms with Crippen molar-refractivity contribution in [3.8, 4) is 17.2 Å². The fourth-order valence-corrected chi connectivity index (χ4v) is 3.94. The Kier molecular flexibility index (Phi) is 4.94. The van der Waals surface area contributed by atoms with Gasteiger partial charge >= 0.3 is 0 Å². The highest BCUT2D eigenvalue weighted by molar-refractivity contribution is 7.98. The summed E-state index contributed by atoms with van der Waals surface area (Å²) in [7, 11) is 3.65. The number of hydrogen-bond donors (Lipinski definition) is 0. The van der Waals surface area contributed by atoms with Gasteiger partial charge in [-0.3, -0.25) is 0 Å². The third kappa shape index (κ3) is 3.60. The van der Waals surface area contributed by atoms with Crippen LogP contribution in [-0.2, 0) is 12.8 Å². The van der Waals surface area contributed by atoms with Crippen molar-refractivity contribution in [2.45, 2.75) is 23.9 Å². The molecule has 1 aliphatic heterocycles. The Balaban J connectivity index is 1.49. The van der Waals surface area contributed by atoms with E-state index < -0.39 is 0 Å². The van der Waals surface area contributed by atoms with Gasteiger partial charge in [-0.15, -0.1) is 10.2 Å². The van der Waals surface area contributed by atoms with E-state index in [1.54, 1.807) is 18.9 Å². The molecule has 0 saturated heterocycles. The van der Waals surface area contributed by atoms with E-state index in [0.29, 0.717) is 6.61 Å². The van der Waals surface area contributed by atoms with E-state index in [4.69, 9.17) is 14.2 Å². The van der Waals surface area contributed by atoms with Crippen LogP contribution < -0.4 is 14.2 Å². The smallest absolute Gasteiger partial charge is 0.192 e. The number of ether oxygens (including phenoxy) is 3. The van der Waals surface area contributed by atoms with Crippen LogP contribution in [0.1, 0.15) is 23.1 Å². The molecule has 1 unspecified atom stereocenters. The first kappa shape index (κ1) is 17.7. The molecule has 0 amide bonds. The summed E-state index contributed by atoms with van der Waals surface area (Å²) in [5, 5.41) is 9.51. The van der Waals surface area contributed by atoms with Crippen LogP contribution in [-0.4, -0.2) is 28.5 Å². The second-order valence-electron chi connectivity index (χ2n) is 6.37. The number of aromatic nitrogens is 3. The molecular formula is C20H21N3O3S. The molecule has 1 aliphatic rings. The van der Waals surface area contributed by atoms with Gasteiger partial charge in [-0.25, -0.2) is 0 Å². The molecule has 140 valence electrons. The van der Waals surface area contributed by atoms with Crippen LogP contribution in [0.3, 0.4) is 0 Å². The van der Waals surface area contributed by atoms with E-state index in [1.165, 1.54) is 5.56 Å². The van der Waals surface area contributed by atoms with Gasteiger partial charge in [0.1, 0.15) is 12.4 Å². The van der Waals surface area contributed by atoms with Crippen molar-refractivity contribution < 1.29 is 14.2 Å². The highest BCUT2D eigenvalue weighted by Gasteiger charge is 2.27. The van der Waals surface area contributed by atoms with E-state index in [-0.39, 0.29) is 6.10 Å². The van der Waals surface area contributed by atoms with E-state index in [0.717, 1.165) is 39.5 Å². The fourth-order valence-electron chi connectivity index (χ4n) is 3.04. The molecule has 3 aromatic rings. The van der Waals surface area contributed by atoms with Gasteiger partial charge in [0.25, 0.3) is 0 Å². The number of rotatable bonds is 5. The Labute approximate surface area is 162 Å². The first-order chi connectivity index (χ1) is 13.2. The summed E-state index contributed by atoms with van der Waals surface area (Å²) < 4.78 is 19.3. The van der Waals surface area contributed by atoms with Gasteiger partial charge in [0.05, 0.1) is 7.11 Å². The van der Waals surface area contributed by atoms with Crippen LogP contribution in [0.25, 0.3) is 0 Å². The van der Waals surface area contributed by atoms with Crippen LogP contribution in [0.15, 0.2) is 47.6 Å². The molecule has 27 heavy (non-hydrogen) atoms. The Morgan fingerprint density at radius 2 is 2.00 bits per heavy atom. The number of para-hydroxylation sites is 2. The minimum Gasteiger partial charge on any atom is -0.496 e. The maximum atomic E-state index is 6.05. The molecule has 6 nitrogen and oxygen atoms in total. The molecule has 0 N–H and O–H groups in total. The van der Waals surface area contributed by atoms with Gasteiger partial charge in [0.15, 0.2) is 28.6 Å². The van der Waals surface area contributed by atoms with Crippen LogP contribution in [0.2, 0.25) is 0 Å². The van der Waals surface area contributed by atoms with Crippen LogP contribution >= 0.6 is 11.8 Å². The van der Waals surface area contributed by atoms with Crippen molar-refractivity contribution in [1.29, 1.82) is 0 Å². The Morgan fingerprint density at radius 3 is 2.81 bits per heavy atom. The molecule has 0 radical (unpaired) electrons. The maximum absolute atomic E-state index is 6.05. The lowest BCUT2D eigenvalue weighted by Crippen LogP contribution is -2.24. The minimum atomic E-state index is -0.278. The summed E-state index contributed by atoms with van der Waals surface area (Å²) >= 11 is 1.62. The van der Waals surface area contributed by atoms with Crippen molar-refractivity contribution in [2.24, 2.45) is 7.05 Å². The molecule has 0 fully saturated rings. The Bertz CT molecular complexity index is 957. The van der Waals surface area contributed by atoms with Gasteiger partial charge < -0.3 is 18.8 Å². The molecular weight excluding hydrogens is 362 g/mol. The standard InChI is InChI=1S/C20H21N3O3S/c1-13-8-9-15(24-3)14(10-13)12-27-20-22-21-19(23(20)2)18-11-25-16-6-4-5-7-17(16)26-18/h4-10,18H,11-12H2,1-3H3. The van der Waals surface area contributed by atoms with Crippen molar-refractivity contribution in [3.63, 3.8) is 0 Å². The van der Waals surface area contributed by atoms with Crippen LogP contribution in [0, 0.1) is 6.92 Å². The summed E-state index contributed by atoms with van der Waals surface area (Å²) in [5.41, 5.74) is 2.34. The average Bonchev–Trinajstić information content (AvgIpc) is 3.06. The molecule has 1 aromatic heterocycles. The zero-order valence-electron chi connectivity index (χ0n) is 15.5. The molecule has 2 heterocycles. The van der Waals surface area contributed by atoms with E-state index in [9.17, 15) is 0 Å². The molecule has 7 heteroatoms. The normalized spacial score (nSPS) is 15.6. The summed E-state index contributed by atoms with van der Waals surface area (Å²) in [5.74, 6) is 3.88. The number of aryl methyl sites for hydroxylation is 1. The topological polar surface area (TPSA) is 58.4 Å². The zero-order chi connectivity index (χ0) is 18.8. The molecule has 4 rings (SSSR count). The lowest BCUT2D eigenvalue weighted by atomic mass is 10.1. The predicted octanol–water partition coefficient (Wildman–Crippen LogP) is 3.94. The number of nitrogens with zero attached hydrogens (tertiary/aromatic N) is 3. The first-order valence-corrected chi connectivity index (χ1v) is 9.68. The third-order valence-electron chi connectivity index (χ3n) is 4.46. The molecule has 1 atom stereocenters. The summed E-state index contributed by atoms with van der Waals surface area (Å²) in [6, 6.07) is 13.8. The van der Waals surface area contributed by atoms with Gasteiger partial charge in [0.2, 0.25) is 0 Å². The van der Waals surface area contributed by atoms with Crippen molar-refractivity contribution in [2.75, 3.05) is 13.7 Å². The van der Waals surface area contributed by atoms with Crippen molar-refractivity contribution >= 4 is 11.8 Å². The number of hydrogen-bond acceptors (Lipinski definition) is 6. The number of benzene rings is 2. The van der Waals surface area contributed by atoms with Crippen LogP contribution in [0.5, 0.6) is 17.2 Å². The predicted molar refractivity (Wildman–Crippen MR) is 104 cm³/mol. The molecule has 0 aliphatic carbocycles. The van der Waals surface area contributed by atoms with Gasteiger partial charge in [0, 0.05) is 18.4 Å². The fraction of sp³-hybridized carbons (Fsp3) is 0.300. The highest BCUT2D eigenvalue weighted by Crippen LogP contribution is 2.36. The number of thioether (sulfide) groups is 1. The zero-order valence-corrected chi connectivity index (χ0v) is 16.3. The van der Waals surface area contributed by atoms with Crippen molar-refractivity contribution in [3.05, 3.63) is 59.4 Å². The lowest BCUT2D eigenvalue weighted by Gasteiger charge is -2.25.